The van der Waals surface area contributed by atoms with Crippen molar-refractivity contribution in [3.8, 4) is 11.5 Å². The van der Waals surface area contributed by atoms with Gasteiger partial charge in [-0.25, -0.2) is 5.43 Å². The summed E-state index contributed by atoms with van der Waals surface area (Å²) >= 11 is 14.1. The molecule has 0 saturated carbocycles. The van der Waals surface area contributed by atoms with Crippen molar-refractivity contribution in [1.82, 2.24) is 10.7 Å². The fourth-order valence-electron chi connectivity index (χ4n) is 2.77. The summed E-state index contributed by atoms with van der Waals surface area (Å²) in [7, 11) is 1.45. The van der Waals surface area contributed by atoms with E-state index in [4.69, 9.17) is 37.4 Å². The number of nitrogens with zero attached hydrogens (tertiary/aromatic N) is 1. The fraction of sp³-hybridized carbons (Fsp3) is 0.333. The van der Waals surface area contributed by atoms with Gasteiger partial charge in [0.05, 0.1) is 38.7 Å². The van der Waals surface area contributed by atoms with E-state index in [1.807, 2.05) is 36.4 Å². The molecule has 0 fully saturated rings. The third-order valence-electron chi connectivity index (χ3n) is 4.47. The van der Waals surface area contributed by atoms with Crippen molar-refractivity contribution in [3.63, 3.8) is 0 Å². The van der Waals surface area contributed by atoms with Crippen LogP contribution in [0.3, 0.4) is 0 Å². The van der Waals surface area contributed by atoms with Crippen LogP contribution in [0.5, 0.6) is 11.5 Å². The smallest absolute Gasteiger partial charge is 0.329 e. The Morgan fingerprint density at radius 2 is 1.92 bits per heavy atom. The van der Waals surface area contributed by atoms with Crippen LogP contribution >= 0.6 is 45.8 Å². The summed E-state index contributed by atoms with van der Waals surface area (Å²) < 4.78 is 17.0. The van der Waals surface area contributed by atoms with Gasteiger partial charge in [0.2, 0.25) is 0 Å². The van der Waals surface area contributed by atoms with E-state index >= 15 is 0 Å². The SMILES string of the molecule is COc1cc(/C=N\NC(=O)C(=O)NCCCOC(C)C)cc(I)c1OCC(=O)Nc1cccc(Cl)c1Cl. The van der Waals surface area contributed by atoms with Gasteiger partial charge in [-0.3, -0.25) is 14.4 Å². The summed E-state index contributed by atoms with van der Waals surface area (Å²) in [6, 6.07) is 8.20. The molecule has 0 unspecified atom stereocenters. The molecule has 10 nitrogen and oxygen atoms in total. The molecular weight excluding hydrogens is 638 g/mol. The summed E-state index contributed by atoms with van der Waals surface area (Å²) in [5.74, 6) is -1.45. The van der Waals surface area contributed by atoms with Crippen molar-refractivity contribution in [2.45, 2.75) is 26.4 Å². The van der Waals surface area contributed by atoms with E-state index in [2.05, 4.69) is 21.2 Å². The van der Waals surface area contributed by atoms with Crippen molar-refractivity contribution >= 4 is 75.4 Å². The normalized spacial score (nSPS) is 10.9. The first-order valence-electron chi connectivity index (χ1n) is 11.1. The zero-order chi connectivity index (χ0) is 27.4. The molecule has 0 spiro atoms. The number of hydrazone groups is 1. The molecule has 0 aromatic heterocycles. The molecule has 3 amide bonds. The highest BCUT2D eigenvalue weighted by Gasteiger charge is 2.15. The molecule has 37 heavy (non-hydrogen) atoms. The number of halogens is 3. The van der Waals surface area contributed by atoms with Crippen molar-refractivity contribution in [2.24, 2.45) is 5.10 Å². The van der Waals surface area contributed by atoms with Crippen LogP contribution in [0.15, 0.2) is 35.4 Å². The van der Waals surface area contributed by atoms with Crippen LogP contribution in [0.25, 0.3) is 0 Å². The van der Waals surface area contributed by atoms with Crippen LogP contribution in [0.4, 0.5) is 5.69 Å². The van der Waals surface area contributed by atoms with Crippen molar-refractivity contribution in [2.75, 3.05) is 32.2 Å². The first-order valence-corrected chi connectivity index (χ1v) is 12.9. The molecule has 0 atom stereocenters. The number of nitrogens with one attached hydrogen (secondary N) is 3. The Morgan fingerprint density at radius 3 is 2.62 bits per heavy atom. The van der Waals surface area contributed by atoms with Crippen molar-refractivity contribution in [3.05, 3.63) is 49.5 Å². The van der Waals surface area contributed by atoms with Gasteiger partial charge < -0.3 is 24.8 Å². The minimum Gasteiger partial charge on any atom is -0.493 e. The highest BCUT2D eigenvalue weighted by molar-refractivity contribution is 14.1. The van der Waals surface area contributed by atoms with Gasteiger partial charge in [-0.1, -0.05) is 29.3 Å². The van der Waals surface area contributed by atoms with Gasteiger partial charge in [-0.2, -0.15) is 5.10 Å². The van der Waals surface area contributed by atoms with Gasteiger partial charge in [0.25, 0.3) is 5.91 Å². The summed E-state index contributed by atoms with van der Waals surface area (Å²) in [4.78, 5) is 36.1. The topological polar surface area (TPSA) is 127 Å². The monoisotopic (exact) mass is 664 g/mol. The lowest BCUT2D eigenvalue weighted by Crippen LogP contribution is -2.38. The molecule has 2 aromatic rings. The Balaban J connectivity index is 1.90. The van der Waals surface area contributed by atoms with E-state index in [0.717, 1.165) is 0 Å². The number of carbonyl (C=O) groups is 3. The molecule has 200 valence electrons. The highest BCUT2D eigenvalue weighted by Crippen LogP contribution is 2.34. The van der Waals surface area contributed by atoms with Crippen LogP contribution in [0.1, 0.15) is 25.8 Å². The Kier molecular flexibility index (Phi) is 12.9. The van der Waals surface area contributed by atoms with Gasteiger partial charge in [-0.05, 0) is 72.7 Å². The van der Waals surface area contributed by atoms with Gasteiger partial charge in [-0.15, -0.1) is 0 Å². The summed E-state index contributed by atoms with van der Waals surface area (Å²) in [6.07, 6.45) is 2.04. The molecule has 0 radical (unpaired) electrons. The maximum atomic E-state index is 12.3. The predicted molar refractivity (Wildman–Crippen MR) is 151 cm³/mol. The molecule has 2 aromatic carbocycles. The number of benzene rings is 2. The first-order chi connectivity index (χ1) is 17.6. The quantitative estimate of drug-likeness (QED) is 0.104. The van der Waals surface area contributed by atoms with E-state index < -0.39 is 17.7 Å². The predicted octanol–water partition coefficient (Wildman–Crippen LogP) is 4.01. The molecule has 0 saturated heterocycles. The standard InChI is InChI=1S/C24H27Cl2IN4O6/c1-14(2)36-9-5-8-28-23(33)24(34)31-29-12-15-10-17(27)22(19(11-15)35-3)37-13-20(32)30-18-7-4-6-16(25)21(18)26/h4,6-7,10-12,14H,5,8-9,13H2,1-3H3,(H,28,33)(H,30,32)(H,31,34)/b29-12-. The lowest BCUT2D eigenvalue weighted by molar-refractivity contribution is -0.139. The van der Waals surface area contributed by atoms with Crippen LogP contribution < -0.4 is 25.5 Å². The number of methoxy groups -OCH3 is 1. The molecular formula is C24H27Cl2IN4O6. The molecule has 13 heteroatoms. The minimum absolute atomic E-state index is 0.106. The second-order valence-electron chi connectivity index (χ2n) is 7.70. The number of anilines is 1. The van der Waals surface area contributed by atoms with Gasteiger partial charge in [0.1, 0.15) is 0 Å². The summed E-state index contributed by atoms with van der Waals surface area (Å²) in [6.45, 7) is 4.32. The van der Waals surface area contributed by atoms with Gasteiger partial charge >= 0.3 is 11.8 Å². The number of hydrogen-bond donors (Lipinski definition) is 3. The number of amides is 3. The zero-order valence-corrected chi connectivity index (χ0v) is 24.1. The highest BCUT2D eigenvalue weighted by atomic mass is 127. The third-order valence-corrected chi connectivity index (χ3v) is 6.09. The van der Waals surface area contributed by atoms with Gasteiger partial charge in [0, 0.05) is 13.2 Å². The van der Waals surface area contributed by atoms with Crippen LogP contribution in [-0.4, -0.2) is 56.9 Å². The third kappa shape index (κ3) is 10.3. The fourth-order valence-corrected chi connectivity index (χ4v) is 3.90. The van der Waals surface area contributed by atoms with E-state index in [0.29, 0.717) is 50.9 Å². The maximum absolute atomic E-state index is 12.3. The average molecular weight is 665 g/mol. The van der Waals surface area contributed by atoms with Crippen LogP contribution in [0.2, 0.25) is 10.0 Å². The van der Waals surface area contributed by atoms with E-state index in [1.54, 1.807) is 30.3 Å². The largest absolute Gasteiger partial charge is 0.493 e. The molecule has 3 N–H and O–H groups in total. The minimum atomic E-state index is -0.895. The Labute approximate surface area is 238 Å². The molecule has 0 bridgehead atoms. The molecule has 0 heterocycles. The molecule has 0 aliphatic carbocycles. The Bertz CT molecular complexity index is 1150. The first kappa shape index (κ1) is 30.6. The summed E-state index contributed by atoms with van der Waals surface area (Å²) in [5, 5.41) is 9.50. The molecule has 2 rings (SSSR count). The number of ether oxygens (including phenoxy) is 3. The summed E-state index contributed by atoms with van der Waals surface area (Å²) in [5.41, 5.74) is 3.11. The lowest BCUT2D eigenvalue weighted by Gasteiger charge is -2.14. The Morgan fingerprint density at radius 1 is 1.16 bits per heavy atom. The molecule has 0 aliphatic heterocycles. The lowest BCUT2D eigenvalue weighted by atomic mass is 10.2. The Hall–Kier alpha value is -2.61. The molecule has 0 aliphatic rings. The van der Waals surface area contributed by atoms with Crippen molar-refractivity contribution in [1.29, 1.82) is 0 Å². The number of hydrogen-bond acceptors (Lipinski definition) is 7. The average Bonchev–Trinajstić information content (AvgIpc) is 2.85. The van der Waals surface area contributed by atoms with E-state index in [9.17, 15) is 14.4 Å². The van der Waals surface area contributed by atoms with Crippen molar-refractivity contribution < 1.29 is 28.6 Å². The second kappa shape index (κ2) is 15.6. The maximum Gasteiger partial charge on any atom is 0.329 e. The van der Waals surface area contributed by atoms with Crippen LogP contribution in [-0.2, 0) is 19.1 Å². The number of rotatable bonds is 12. The van der Waals surface area contributed by atoms with Crippen LogP contribution in [0, 0.1) is 3.57 Å². The second-order valence-corrected chi connectivity index (χ2v) is 9.65. The van der Waals surface area contributed by atoms with Gasteiger partial charge in [0.15, 0.2) is 18.1 Å². The zero-order valence-electron chi connectivity index (χ0n) is 20.4. The number of carbonyl (C=O) groups excluding carboxylic acids is 3. The van der Waals surface area contributed by atoms with E-state index in [-0.39, 0.29) is 17.7 Å². The van der Waals surface area contributed by atoms with E-state index in [1.165, 1.54) is 13.3 Å².